The van der Waals surface area contributed by atoms with Crippen molar-refractivity contribution in [1.29, 1.82) is 0 Å². The van der Waals surface area contributed by atoms with Gasteiger partial charge in [-0.1, -0.05) is 18.6 Å². The zero-order chi connectivity index (χ0) is 10.7. The number of rotatable bonds is 2. The van der Waals surface area contributed by atoms with E-state index in [0.717, 1.165) is 24.8 Å². The second-order valence-corrected chi connectivity index (χ2v) is 4.24. The summed E-state index contributed by atoms with van der Waals surface area (Å²) in [5.74, 6) is 0.266. The number of Topliss-reactive ketones (excluding diaryl/α,β-unsaturated/α-hetero) is 1. The van der Waals surface area contributed by atoms with Crippen LogP contribution in [0.5, 0.6) is 0 Å². The van der Waals surface area contributed by atoms with E-state index in [1.165, 1.54) is 12.1 Å². The maximum Gasteiger partial charge on any atom is 0.136 e. The van der Waals surface area contributed by atoms with E-state index in [4.69, 9.17) is 0 Å². The van der Waals surface area contributed by atoms with Crippen LogP contribution >= 0.6 is 0 Å². The van der Waals surface area contributed by atoms with Gasteiger partial charge in [-0.05, 0) is 37.0 Å². The quantitative estimate of drug-likeness (QED) is 0.726. The van der Waals surface area contributed by atoms with E-state index in [1.54, 1.807) is 6.07 Å². The monoisotopic (exact) mass is 206 g/mol. The van der Waals surface area contributed by atoms with E-state index in [-0.39, 0.29) is 11.7 Å². The number of benzene rings is 1. The molecule has 1 aromatic rings. The molecule has 0 radical (unpaired) electrons. The SMILES string of the molecule is O=C1CCCCC1Cc1cccc(F)c1. The molecule has 1 aliphatic carbocycles. The molecule has 0 spiro atoms. The lowest BCUT2D eigenvalue weighted by molar-refractivity contribution is -0.124. The van der Waals surface area contributed by atoms with Crippen molar-refractivity contribution in [3.05, 3.63) is 35.6 Å². The van der Waals surface area contributed by atoms with E-state index in [2.05, 4.69) is 0 Å². The third kappa shape index (κ3) is 2.65. The van der Waals surface area contributed by atoms with Gasteiger partial charge in [0.25, 0.3) is 0 Å². The van der Waals surface area contributed by atoms with Gasteiger partial charge in [-0.3, -0.25) is 4.79 Å². The van der Waals surface area contributed by atoms with E-state index < -0.39 is 0 Å². The van der Waals surface area contributed by atoms with Gasteiger partial charge in [-0.25, -0.2) is 4.39 Å². The molecule has 0 aliphatic heterocycles. The fourth-order valence-corrected chi connectivity index (χ4v) is 2.22. The summed E-state index contributed by atoms with van der Waals surface area (Å²) in [5, 5.41) is 0. The van der Waals surface area contributed by atoms with E-state index in [9.17, 15) is 9.18 Å². The maximum absolute atomic E-state index is 12.9. The first-order valence-electron chi connectivity index (χ1n) is 5.53. The molecular formula is C13H15FO. The Morgan fingerprint density at radius 3 is 2.93 bits per heavy atom. The minimum absolute atomic E-state index is 0.126. The predicted molar refractivity (Wildman–Crippen MR) is 57.1 cm³/mol. The largest absolute Gasteiger partial charge is 0.299 e. The first-order valence-corrected chi connectivity index (χ1v) is 5.53. The van der Waals surface area contributed by atoms with E-state index >= 15 is 0 Å². The summed E-state index contributed by atoms with van der Waals surface area (Å²) in [4.78, 5) is 11.6. The molecular weight excluding hydrogens is 191 g/mol. The highest BCUT2D eigenvalue weighted by Gasteiger charge is 2.22. The molecule has 0 heterocycles. The van der Waals surface area contributed by atoms with Gasteiger partial charge in [0, 0.05) is 12.3 Å². The molecule has 0 bridgehead atoms. The lowest BCUT2D eigenvalue weighted by atomic mass is 9.84. The van der Waals surface area contributed by atoms with Gasteiger partial charge in [0.15, 0.2) is 0 Å². The Morgan fingerprint density at radius 2 is 2.20 bits per heavy atom. The molecule has 1 unspecified atom stereocenters. The molecule has 80 valence electrons. The highest BCUT2D eigenvalue weighted by molar-refractivity contribution is 5.81. The Hall–Kier alpha value is -1.18. The van der Waals surface area contributed by atoms with Gasteiger partial charge >= 0.3 is 0 Å². The fourth-order valence-electron chi connectivity index (χ4n) is 2.22. The molecule has 0 N–H and O–H groups in total. The minimum atomic E-state index is -0.212. The molecule has 2 rings (SSSR count). The van der Waals surface area contributed by atoms with Crippen molar-refractivity contribution in [2.45, 2.75) is 32.1 Å². The number of hydrogen-bond acceptors (Lipinski definition) is 1. The Morgan fingerprint density at radius 1 is 1.33 bits per heavy atom. The second kappa shape index (κ2) is 4.56. The number of ketones is 1. The molecule has 1 aliphatic rings. The van der Waals surface area contributed by atoms with Crippen molar-refractivity contribution in [2.24, 2.45) is 5.92 Å². The van der Waals surface area contributed by atoms with Gasteiger partial charge in [0.05, 0.1) is 0 Å². The molecule has 0 saturated heterocycles. The van der Waals surface area contributed by atoms with Gasteiger partial charge in [-0.2, -0.15) is 0 Å². The minimum Gasteiger partial charge on any atom is -0.299 e. The van der Waals surface area contributed by atoms with Crippen molar-refractivity contribution in [3.8, 4) is 0 Å². The molecule has 2 heteroatoms. The Kier molecular flexibility index (Phi) is 3.14. The van der Waals surface area contributed by atoms with Crippen LogP contribution in [-0.4, -0.2) is 5.78 Å². The fraction of sp³-hybridized carbons (Fsp3) is 0.462. The first-order chi connectivity index (χ1) is 7.25. The second-order valence-electron chi connectivity index (χ2n) is 4.24. The standard InChI is InChI=1S/C13H15FO/c14-12-6-3-4-10(9-12)8-11-5-1-2-7-13(11)15/h3-4,6,9,11H,1-2,5,7-8H2. The van der Waals surface area contributed by atoms with Gasteiger partial charge in [0.2, 0.25) is 0 Å². The number of carbonyl (C=O) groups is 1. The zero-order valence-electron chi connectivity index (χ0n) is 8.71. The van der Waals surface area contributed by atoms with Crippen LogP contribution in [0.1, 0.15) is 31.2 Å². The molecule has 1 atom stereocenters. The molecule has 15 heavy (non-hydrogen) atoms. The van der Waals surface area contributed by atoms with Crippen LogP contribution in [0.15, 0.2) is 24.3 Å². The van der Waals surface area contributed by atoms with Crippen molar-refractivity contribution in [2.75, 3.05) is 0 Å². The number of hydrogen-bond donors (Lipinski definition) is 0. The topological polar surface area (TPSA) is 17.1 Å². The lowest BCUT2D eigenvalue weighted by Crippen LogP contribution is -2.21. The number of carbonyl (C=O) groups excluding carboxylic acids is 1. The lowest BCUT2D eigenvalue weighted by Gasteiger charge is -2.20. The summed E-state index contributed by atoms with van der Waals surface area (Å²) in [5.41, 5.74) is 0.940. The maximum atomic E-state index is 12.9. The number of halogens is 1. The first kappa shape index (κ1) is 10.3. The predicted octanol–water partition coefficient (Wildman–Crippen LogP) is 3.13. The van der Waals surface area contributed by atoms with Crippen LogP contribution in [0.25, 0.3) is 0 Å². The van der Waals surface area contributed by atoms with Crippen molar-refractivity contribution in [3.63, 3.8) is 0 Å². The smallest absolute Gasteiger partial charge is 0.136 e. The average molecular weight is 206 g/mol. The molecule has 0 amide bonds. The zero-order valence-corrected chi connectivity index (χ0v) is 8.71. The molecule has 1 nitrogen and oxygen atoms in total. The summed E-state index contributed by atoms with van der Waals surface area (Å²) in [6, 6.07) is 6.57. The van der Waals surface area contributed by atoms with Crippen LogP contribution in [0.3, 0.4) is 0 Å². The summed E-state index contributed by atoms with van der Waals surface area (Å²) < 4.78 is 12.9. The summed E-state index contributed by atoms with van der Waals surface area (Å²) in [6.07, 6.45) is 4.54. The van der Waals surface area contributed by atoms with E-state index in [1.807, 2.05) is 6.07 Å². The molecule has 0 aromatic heterocycles. The van der Waals surface area contributed by atoms with Gasteiger partial charge < -0.3 is 0 Å². The van der Waals surface area contributed by atoms with Crippen LogP contribution in [0.4, 0.5) is 4.39 Å². The molecule has 1 saturated carbocycles. The van der Waals surface area contributed by atoms with Crippen molar-refractivity contribution >= 4 is 5.78 Å². The normalized spacial score (nSPS) is 21.7. The van der Waals surface area contributed by atoms with Crippen LogP contribution in [0, 0.1) is 11.7 Å². The summed E-state index contributed by atoms with van der Waals surface area (Å²) in [6.45, 7) is 0. The highest BCUT2D eigenvalue weighted by atomic mass is 19.1. The van der Waals surface area contributed by atoms with Crippen LogP contribution in [0.2, 0.25) is 0 Å². The van der Waals surface area contributed by atoms with Crippen molar-refractivity contribution in [1.82, 2.24) is 0 Å². The van der Waals surface area contributed by atoms with E-state index in [0.29, 0.717) is 18.6 Å². The molecule has 1 aromatic carbocycles. The third-order valence-corrected chi connectivity index (χ3v) is 3.05. The third-order valence-electron chi connectivity index (χ3n) is 3.05. The Balaban J connectivity index is 2.04. The average Bonchev–Trinajstić information content (AvgIpc) is 2.22. The highest BCUT2D eigenvalue weighted by Crippen LogP contribution is 2.24. The molecule has 1 fully saturated rings. The Bertz CT molecular complexity index is 359. The summed E-state index contributed by atoms with van der Waals surface area (Å²) >= 11 is 0. The van der Waals surface area contributed by atoms with Crippen LogP contribution < -0.4 is 0 Å². The van der Waals surface area contributed by atoms with Gasteiger partial charge in [-0.15, -0.1) is 0 Å². The van der Waals surface area contributed by atoms with Crippen LogP contribution in [-0.2, 0) is 11.2 Å². The Labute approximate surface area is 89.3 Å². The van der Waals surface area contributed by atoms with Gasteiger partial charge in [0.1, 0.15) is 11.6 Å². The summed E-state index contributed by atoms with van der Waals surface area (Å²) in [7, 11) is 0. The van der Waals surface area contributed by atoms with Crippen molar-refractivity contribution < 1.29 is 9.18 Å².